The molecule has 13 nitrogen and oxygen atoms in total. The molecule has 4 unspecified atom stereocenters. The number of rotatable bonds is 12. The van der Waals surface area contributed by atoms with Gasteiger partial charge in [0, 0.05) is 24.7 Å². The largest absolute Gasteiger partial charge is 0.481 e. The first-order valence-electron chi connectivity index (χ1n) is 10.2. The van der Waals surface area contributed by atoms with Crippen LogP contribution >= 0.6 is 0 Å². The molecular weight excluding hydrogens is 424 g/mol. The molecule has 1 aromatic heterocycles. The van der Waals surface area contributed by atoms with Crippen LogP contribution in [-0.2, 0) is 30.4 Å². The molecule has 13 heteroatoms. The Kier molecular flexibility index (Phi) is 9.13. The number of carbonyl (C=O) groups is 5. The van der Waals surface area contributed by atoms with Crippen LogP contribution in [0.1, 0.15) is 38.3 Å². The van der Waals surface area contributed by atoms with Crippen molar-refractivity contribution in [3.63, 3.8) is 0 Å². The number of hydrogen-bond acceptors (Lipinski definition) is 7. The van der Waals surface area contributed by atoms with Gasteiger partial charge in [-0.3, -0.25) is 24.0 Å². The number of aliphatic carboxylic acids is 2. The Morgan fingerprint density at radius 3 is 2.41 bits per heavy atom. The number of carbonyl (C=O) groups excluding carboxylic acids is 3. The number of aromatic amines is 1. The van der Waals surface area contributed by atoms with Crippen molar-refractivity contribution in [2.75, 3.05) is 6.54 Å². The number of carboxylic acids is 2. The summed E-state index contributed by atoms with van der Waals surface area (Å²) < 4.78 is 0. The minimum atomic E-state index is -1.25. The highest BCUT2D eigenvalue weighted by molar-refractivity contribution is 5.94. The zero-order valence-electron chi connectivity index (χ0n) is 17.6. The maximum absolute atomic E-state index is 12.9. The van der Waals surface area contributed by atoms with Crippen LogP contribution in [0.3, 0.4) is 0 Å². The van der Waals surface area contributed by atoms with E-state index in [1.807, 2.05) is 0 Å². The van der Waals surface area contributed by atoms with Gasteiger partial charge >= 0.3 is 11.9 Å². The molecule has 0 bridgehead atoms. The molecule has 1 fully saturated rings. The Hall–Kier alpha value is -3.48. The van der Waals surface area contributed by atoms with Gasteiger partial charge in [-0.15, -0.1) is 0 Å². The van der Waals surface area contributed by atoms with Crippen LogP contribution in [0, 0.1) is 0 Å². The molecule has 176 valence electrons. The van der Waals surface area contributed by atoms with Gasteiger partial charge in [0.2, 0.25) is 17.7 Å². The zero-order chi connectivity index (χ0) is 23.7. The average Bonchev–Trinajstić information content (AvgIpc) is 3.44. The van der Waals surface area contributed by atoms with Crippen molar-refractivity contribution in [2.24, 2.45) is 0 Å². The minimum absolute atomic E-state index is 0.0201. The minimum Gasteiger partial charge on any atom is -0.481 e. The number of hydrogen-bond donors (Lipinski definition) is 7. The second-order valence-electron chi connectivity index (χ2n) is 7.55. The van der Waals surface area contributed by atoms with Gasteiger partial charge in [-0.05, 0) is 32.7 Å². The van der Waals surface area contributed by atoms with Crippen LogP contribution in [0.4, 0.5) is 0 Å². The Labute approximate surface area is 183 Å². The predicted molar refractivity (Wildman–Crippen MR) is 109 cm³/mol. The van der Waals surface area contributed by atoms with Crippen LogP contribution in [0.15, 0.2) is 12.5 Å². The van der Waals surface area contributed by atoms with Crippen LogP contribution < -0.4 is 21.3 Å². The molecule has 1 aromatic rings. The molecule has 0 aliphatic carbocycles. The second-order valence-corrected chi connectivity index (χ2v) is 7.55. The van der Waals surface area contributed by atoms with Crippen molar-refractivity contribution in [3.8, 4) is 0 Å². The highest BCUT2D eigenvalue weighted by Crippen LogP contribution is 2.08. The Bertz CT molecular complexity index is 822. The van der Waals surface area contributed by atoms with Crippen molar-refractivity contribution in [1.82, 2.24) is 31.2 Å². The normalized spacial score (nSPS) is 18.2. The Balaban J connectivity index is 2.12. The fourth-order valence-corrected chi connectivity index (χ4v) is 3.19. The Morgan fingerprint density at radius 1 is 1.12 bits per heavy atom. The van der Waals surface area contributed by atoms with Crippen molar-refractivity contribution in [2.45, 2.75) is 63.2 Å². The molecule has 1 aliphatic heterocycles. The quantitative estimate of drug-likeness (QED) is 0.189. The molecule has 3 amide bonds. The van der Waals surface area contributed by atoms with E-state index in [4.69, 9.17) is 10.2 Å². The molecule has 2 rings (SSSR count). The number of nitrogens with zero attached hydrogens (tertiary/aromatic N) is 1. The van der Waals surface area contributed by atoms with Gasteiger partial charge in [0.25, 0.3) is 0 Å². The standard InChI is InChI=1S/C19H28N6O7/c1-10(19(31)32)23-18(30)14(7-11-8-20-9-22-11)25-17(29)13(4-5-15(26)27)24-16(28)12-3-2-6-21-12/h8-10,12-14,21H,2-7H2,1H3,(H,20,22)(H,23,30)(H,24,28)(H,25,29)(H,26,27)(H,31,32). The number of nitrogens with one attached hydrogen (secondary N) is 5. The van der Waals surface area contributed by atoms with E-state index in [9.17, 15) is 24.0 Å². The molecule has 0 radical (unpaired) electrons. The van der Waals surface area contributed by atoms with Crippen molar-refractivity contribution in [3.05, 3.63) is 18.2 Å². The maximum atomic E-state index is 12.9. The lowest BCUT2D eigenvalue weighted by molar-refractivity contribution is -0.141. The molecule has 0 spiro atoms. The number of carboxylic acid groups (broad SMARTS) is 2. The number of H-pyrrole nitrogens is 1. The molecule has 0 saturated carbocycles. The van der Waals surface area contributed by atoms with Crippen LogP contribution in [-0.4, -0.2) is 80.6 Å². The highest BCUT2D eigenvalue weighted by Gasteiger charge is 2.31. The van der Waals surface area contributed by atoms with Crippen molar-refractivity contribution < 1.29 is 34.2 Å². The summed E-state index contributed by atoms with van der Waals surface area (Å²) in [7, 11) is 0. The van der Waals surface area contributed by atoms with E-state index in [1.54, 1.807) is 0 Å². The molecule has 1 aliphatic rings. The third-order valence-corrected chi connectivity index (χ3v) is 5.00. The number of amides is 3. The van der Waals surface area contributed by atoms with Gasteiger partial charge in [0.05, 0.1) is 12.4 Å². The van der Waals surface area contributed by atoms with Gasteiger partial charge in [0.1, 0.15) is 18.1 Å². The lowest BCUT2D eigenvalue weighted by Gasteiger charge is -2.24. The number of imidazole rings is 1. The molecule has 4 atom stereocenters. The first-order chi connectivity index (χ1) is 15.2. The summed E-state index contributed by atoms with van der Waals surface area (Å²) in [6.45, 7) is 1.94. The van der Waals surface area contributed by atoms with E-state index < -0.39 is 53.8 Å². The lowest BCUT2D eigenvalue weighted by Crippen LogP contribution is -2.57. The van der Waals surface area contributed by atoms with Gasteiger partial charge < -0.3 is 36.5 Å². The van der Waals surface area contributed by atoms with Gasteiger partial charge in [-0.2, -0.15) is 0 Å². The molecule has 1 saturated heterocycles. The third-order valence-electron chi connectivity index (χ3n) is 5.00. The topological polar surface area (TPSA) is 203 Å². The molecule has 0 aromatic carbocycles. The summed E-state index contributed by atoms with van der Waals surface area (Å²) in [6.07, 6.45) is 3.66. The van der Waals surface area contributed by atoms with Crippen molar-refractivity contribution >= 4 is 29.7 Å². The zero-order valence-corrected chi connectivity index (χ0v) is 17.6. The lowest BCUT2D eigenvalue weighted by atomic mass is 10.1. The molecule has 32 heavy (non-hydrogen) atoms. The van der Waals surface area contributed by atoms with Crippen LogP contribution in [0.5, 0.6) is 0 Å². The predicted octanol–water partition coefficient (Wildman–Crippen LogP) is -1.87. The summed E-state index contributed by atoms with van der Waals surface area (Å²) in [5.41, 5.74) is 0.509. The summed E-state index contributed by atoms with van der Waals surface area (Å²) in [4.78, 5) is 66.7. The van der Waals surface area contributed by atoms with E-state index in [0.29, 0.717) is 18.7 Å². The summed E-state index contributed by atoms with van der Waals surface area (Å²) >= 11 is 0. The smallest absolute Gasteiger partial charge is 0.325 e. The first kappa shape index (κ1) is 24.8. The van der Waals surface area contributed by atoms with Gasteiger partial charge in [-0.1, -0.05) is 0 Å². The fourth-order valence-electron chi connectivity index (χ4n) is 3.19. The van der Waals surface area contributed by atoms with Gasteiger partial charge in [-0.25, -0.2) is 4.98 Å². The fraction of sp³-hybridized carbons (Fsp3) is 0.579. The monoisotopic (exact) mass is 452 g/mol. The molecule has 7 N–H and O–H groups in total. The summed E-state index contributed by atoms with van der Waals surface area (Å²) in [6, 6.07) is -4.04. The van der Waals surface area contributed by atoms with Gasteiger partial charge in [0.15, 0.2) is 0 Å². The maximum Gasteiger partial charge on any atom is 0.325 e. The third kappa shape index (κ3) is 7.65. The molecular formula is C19H28N6O7. The first-order valence-corrected chi connectivity index (χ1v) is 10.2. The van der Waals surface area contributed by atoms with Crippen LogP contribution in [0.2, 0.25) is 0 Å². The SMILES string of the molecule is CC(NC(=O)C(Cc1cnc[nH]1)NC(=O)C(CCC(=O)O)NC(=O)C1CCCN1)C(=O)O. The summed E-state index contributed by atoms with van der Waals surface area (Å²) in [5.74, 6) is -4.32. The number of aromatic nitrogens is 2. The van der Waals surface area contributed by atoms with E-state index in [1.165, 1.54) is 19.4 Å². The van der Waals surface area contributed by atoms with E-state index >= 15 is 0 Å². The average molecular weight is 452 g/mol. The van der Waals surface area contributed by atoms with E-state index in [-0.39, 0.29) is 19.3 Å². The van der Waals surface area contributed by atoms with E-state index in [2.05, 4.69) is 31.2 Å². The Morgan fingerprint density at radius 2 is 1.84 bits per heavy atom. The van der Waals surface area contributed by atoms with E-state index in [0.717, 1.165) is 6.42 Å². The van der Waals surface area contributed by atoms with Crippen molar-refractivity contribution in [1.29, 1.82) is 0 Å². The second kappa shape index (κ2) is 11.8. The summed E-state index contributed by atoms with van der Waals surface area (Å²) in [5, 5.41) is 28.4. The van der Waals surface area contributed by atoms with Crippen LogP contribution in [0.25, 0.3) is 0 Å². The molecule has 2 heterocycles. The highest BCUT2D eigenvalue weighted by atomic mass is 16.4.